The quantitative estimate of drug-likeness (QED) is 0.751. The number of hydrogen-bond acceptors (Lipinski definition) is 2. The summed E-state index contributed by atoms with van der Waals surface area (Å²) in [5.74, 6) is 0. The van der Waals surface area contributed by atoms with Gasteiger partial charge in [0.2, 0.25) is 10.0 Å². The van der Waals surface area contributed by atoms with Crippen LogP contribution < -0.4 is 0 Å². The van der Waals surface area contributed by atoms with E-state index in [9.17, 15) is 8.42 Å². The number of hydrogen-bond donors (Lipinski definition) is 0. The largest absolute Gasteiger partial charge is 0.243 e. The molecule has 0 N–H and O–H groups in total. The summed E-state index contributed by atoms with van der Waals surface area (Å²) in [6, 6.07) is 14.2. The first-order chi connectivity index (χ1) is 9.41. The molecule has 0 saturated heterocycles. The van der Waals surface area contributed by atoms with Gasteiger partial charge >= 0.3 is 0 Å². The van der Waals surface area contributed by atoms with Crippen molar-refractivity contribution in [3.05, 3.63) is 63.0 Å². The van der Waals surface area contributed by atoms with Gasteiger partial charge in [-0.2, -0.15) is 4.31 Å². The summed E-state index contributed by atoms with van der Waals surface area (Å²) in [6.07, 6.45) is 0. The Hall–Kier alpha value is -0.690. The Bertz CT molecular complexity index is 699. The summed E-state index contributed by atoms with van der Waals surface area (Å²) in [6.45, 7) is 0.319. The molecule has 0 aliphatic rings. The van der Waals surface area contributed by atoms with E-state index in [-0.39, 0.29) is 4.90 Å². The van der Waals surface area contributed by atoms with Crippen molar-refractivity contribution in [3.8, 4) is 0 Å². The molecule has 20 heavy (non-hydrogen) atoms. The molecule has 0 saturated carbocycles. The molecule has 0 aliphatic heterocycles. The second-order valence-corrected chi connectivity index (χ2v) is 8.12. The molecule has 0 spiro atoms. The lowest BCUT2D eigenvalue weighted by atomic mass is 10.2. The van der Waals surface area contributed by atoms with Gasteiger partial charge in [0.05, 0.1) is 4.90 Å². The third-order valence-electron chi connectivity index (χ3n) is 2.87. The van der Waals surface area contributed by atoms with Crippen molar-refractivity contribution >= 4 is 41.9 Å². The van der Waals surface area contributed by atoms with Crippen LogP contribution >= 0.6 is 31.9 Å². The monoisotopic (exact) mass is 417 g/mol. The van der Waals surface area contributed by atoms with Gasteiger partial charge in [-0.3, -0.25) is 0 Å². The van der Waals surface area contributed by atoms with Crippen LogP contribution in [0.5, 0.6) is 0 Å². The van der Waals surface area contributed by atoms with Gasteiger partial charge in [0.1, 0.15) is 0 Å². The zero-order valence-electron chi connectivity index (χ0n) is 10.8. The average molecular weight is 419 g/mol. The van der Waals surface area contributed by atoms with Crippen molar-refractivity contribution in [2.24, 2.45) is 0 Å². The third kappa shape index (κ3) is 3.49. The molecule has 0 unspecified atom stereocenters. The minimum absolute atomic E-state index is 0.287. The van der Waals surface area contributed by atoms with Crippen LogP contribution in [-0.2, 0) is 16.6 Å². The van der Waals surface area contributed by atoms with Crippen molar-refractivity contribution in [1.29, 1.82) is 0 Å². The highest BCUT2D eigenvalue weighted by Gasteiger charge is 2.21. The van der Waals surface area contributed by atoms with Crippen molar-refractivity contribution in [2.45, 2.75) is 11.4 Å². The number of halogens is 2. The van der Waals surface area contributed by atoms with Crippen molar-refractivity contribution < 1.29 is 8.42 Å². The highest BCUT2D eigenvalue weighted by atomic mass is 79.9. The molecule has 0 heterocycles. The van der Waals surface area contributed by atoms with E-state index in [2.05, 4.69) is 31.9 Å². The number of benzene rings is 2. The van der Waals surface area contributed by atoms with Crippen LogP contribution in [0.2, 0.25) is 0 Å². The Labute approximate surface area is 135 Å². The predicted molar refractivity (Wildman–Crippen MR) is 86.9 cm³/mol. The molecule has 0 amide bonds. The Kier molecular flexibility index (Phi) is 5.01. The summed E-state index contributed by atoms with van der Waals surface area (Å²) in [7, 11) is -1.90. The van der Waals surface area contributed by atoms with E-state index in [0.29, 0.717) is 6.54 Å². The zero-order valence-corrected chi connectivity index (χ0v) is 14.7. The predicted octanol–water partition coefficient (Wildman–Crippen LogP) is 4.03. The minimum Gasteiger partial charge on any atom is -0.207 e. The van der Waals surface area contributed by atoms with E-state index in [1.54, 1.807) is 31.3 Å². The maximum absolute atomic E-state index is 12.5. The van der Waals surface area contributed by atoms with Gasteiger partial charge in [0, 0.05) is 22.5 Å². The van der Waals surface area contributed by atoms with Gasteiger partial charge in [-0.05, 0) is 35.9 Å². The lowest BCUT2D eigenvalue weighted by Crippen LogP contribution is -2.26. The Morgan fingerprint density at radius 3 is 2.20 bits per heavy atom. The van der Waals surface area contributed by atoms with Gasteiger partial charge in [0.25, 0.3) is 0 Å². The van der Waals surface area contributed by atoms with Crippen molar-refractivity contribution in [1.82, 2.24) is 4.31 Å². The van der Waals surface area contributed by atoms with Gasteiger partial charge in [-0.15, -0.1) is 0 Å². The van der Waals surface area contributed by atoms with Crippen LogP contribution in [-0.4, -0.2) is 19.8 Å². The van der Waals surface area contributed by atoms with Crippen LogP contribution in [0, 0.1) is 0 Å². The standard InChI is InChI=1S/C14H13Br2NO2S/c1-17(10-11-4-2-3-5-14(11)16)20(18,19)13-8-6-12(15)7-9-13/h2-9H,10H2,1H3. The van der Waals surface area contributed by atoms with Crippen molar-refractivity contribution in [2.75, 3.05) is 7.05 Å². The fraction of sp³-hybridized carbons (Fsp3) is 0.143. The molecule has 2 aromatic carbocycles. The molecule has 0 fully saturated rings. The number of rotatable bonds is 4. The molecule has 2 rings (SSSR count). The molecule has 0 atom stereocenters. The van der Waals surface area contributed by atoms with E-state index >= 15 is 0 Å². The van der Waals surface area contributed by atoms with Gasteiger partial charge < -0.3 is 0 Å². The van der Waals surface area contributed by atoms with Crippen LogP contribution in [0.1, 0.15) is 5.56 Å². The smallest absolute Gasteiger partial charge is 0.207 e. The lowest BCUT2D eigenvalue weighted by molar-refractivity contribution is 0.466. The summed E-state index contributed by atoms with van der Waals surface area (Å²) >= 11 is 6.73. The van der Waals surface area contributed by atoms with E-state index in [1.807, 2.05) is 24.3 Å². The van der Waals surface area contributed by atoms with Crippen LogP contribution in [0.15, 0.2) is 62.4 Å². The van der Waals surface area contributed by atoms with E-state index in [4.69, 9.17) is 0 Å². The first-order valence-corrected chi connectivity index (χ1v) is 8.89. The summed E-state index contributed by atoms with van der Waals surface area (Å²) in [4.78, 5) is 0.287. The molecule has 0 radical (unpaired) electrons. The average Bonchev–Trinajstić information content (AvgIpc) is 2.41. The zero-order chi connectivity index (χ0) is 14.8. The second-order valence-electron chi connectivity index (χ2n) is 4.31. The highest BCUT2D eigenvalue weighted by molar-refractivity contribution is 9.10. The first-order valence-electron chi connectivity index (χ1n) is 5.86. The topological polar surface area (TPSA) is 37.4 Å². The highest BCUT2D eigenvalue weighted by Crippen LogP contribution is 2.22. The van der Waals surface area contributed by atoms with Crippen LogP contribution in [0.25, 0.3) is 0 Å². The maximum Gasteiger partial charge on any atom is 0.243 e. The Morgan fingerprint density at radius 2 is 1.60 bits per heavy atom. The Morgan fingerprint density at radius 1 is 1.00 bits per heavy atom. The normalized spacial score (nSPS) is 11.8. The molecule has 0 bridgehead atoms. The lowest BCUT2D eigenvalue weighted by Gasteiger charge is -2.18. The molecule has 106 valence electrons. The molecule has 2 aromatic rings. The van der Waals surface area contributed by atoms with Crippen LogP contribution in [0.3, 0.4) is 0 Å². The fourth-order valence-electron chi connectivity index (χ4n) is 1.74. The number of nitrogens with zero attached hydrogens (tertiary/aromatic N) is 1. The summed E-state index contributed by atoms with van der Waals surface area (Å²) in [5.41, 5.74) is 0.927. The molecule has 6 heteroatoms. The SMILES string of the molecule is CN(Cc1ccccc1Br)S(=O)(=O)c1ccc(Br)cc1. The van der Waals surface area contributed by atoms with E-state index in [0.717, 1.165) is 14.5 Å². The molecule has 0 aromatic heterocycles. The molecule has 0 aliphatic carbocycles. The molecular formula is C14H13Br2NO2S. The minimum atomic E-state index is -3.48. The third-order valence-corrected chi connectivity index (χ3v) is 5.99. The van der Waals surface area contributed by atoms with Crippen molar-refractivity contribution in [3.63, 3.8) is 0 Å². The molecule has 3 nitrogen and oxygen atoms in total. The maximum atomic E-state index is 12.5. The van der Waals surface area contributed by atoms with Gasteiger partial charge in [-0.1, -0.05) is 50.1 Å². The van der Waals surface area contributed by atoms with E-state index in [1.165, 1.54) is 4.31 Å². The first kappa shape index (κ1) is 15.7. The summed E-state index contributed by atoms with van der Waals surface area (Å²) < 4.78 is 28.0. The molecular weight excluding hydrogens is 406 g/mol. The second kappa shape index (κ2) is 6.39. The summed E-state index contributed by atoms with van der Waals surface area (Å²) in [5, 5.41) is 0. The Balaban J connectivity index is 2.26. The van der Waals surface area contributed by atoms with Gasteiger partial charge in [0.15, 0.2) is 0 Å². The fourth-order valence-corrected chi connectivity index (χ4v) is 3.56. The van der Waals surface area contributed by atoms with Gasteiger partial charge in [-0.25, -0.2) is 8.42 Å². The van der Waals surface area contributed by atoms with E-state index < -0.39 is 10.0 Å². The van der Waals surface area contributed by atoms with Crippen LogP contribution in [0.4, 0.5) is 0 Å². The number of sulfonamides is 1.